The van der Waals surface area contributed by atoms with E-state index in [9.17, 15) is 0 Å². The molecule has 0 aromatic carbocycles. The maximum atomic E-state index is 8.43. The van der Waals surface area contributed by atoms with Gasteiger partial charge >= 0.3 is 0 Å². The first-order valence-corrected chi connectivity index (χ1v) is 5.59. The van der Waals surface area contributed by atoms with Crippen LogP contribution in [-0.2, 0) is 6.54 Å². The molecule has 1 aromatic rings. The summed E-state index contributed by atoms with van der Waals surface area (Å²) in [5, 5.41) is 13.7. The Morgan fingerprint density at radius 3 is 3.14 bits per heavy atom. The van der Waals surface area contributed by atoms with Crippen molar-refractivity contribution in [2.24, 2.45) is 0 Å². The van der Waals surface area contributed by atoms with E-state index in [4.69, 9.17) is 11.0 Å². The lowest BCUT2D eigenvalue weighted by Gasteiger charge is -1.98. The molecular weight excluding hydrogens is 196 g/mol. The number of aryl methyl sites for hydroxylation is 1. The van der Waals surface area contributed by atoms with Gasteiger partial charge in [-0.3, -0.25) is 0 Å². The zero-order valence-electron chi connectivity index (χ0n) is 8.23. The van der Waals surface area contributed by atoms with Crippen LogP contribution >= 0.6 is 11.8 Å². The van der Waals surface area contributed by atoms with Crippen molar-refractivity contribution in [1.82, 2.24) is 9.78 Å². The van der Waals surface area contributed by atoms with E-state index in [1.54, 1.807) is 16.4 Å². The van der Waals surface area contributed by atoms with Crippen LogP contribution in [0.15, 0.2) is 11.1 Å². The zero-order valence-corrected chi connectivity index (χ0v) is 9.05. The fourth-order valence-corrected chi connectivity index (χ4v) is 1.79. The first kappa shape index (κ1) is 10.9. The lowest BCUT2D eigenvalue weighted by atomic mass is 10.5. The van der Waals surface area contributed by atoms with Gasteiger partial charge in [0.15, 0.2) is 0 Å². The van der Waals surface area contributed by atoms with Gasteiger partial charge in [0, 0.05) is 6.07 Å². The normalized spacial score (nSPS) is 10.0. The lowest BCUT2D eigenvalue weighted by Crippen LogP contribution is -2.03. The van der Waals surface area contributed by atoms with Gasteiger partial charge in [-0.05, 0) is 12.2 Å². The molecule has 4 nitrogen and oxygen atoms in total. The molecule has 1 rings (SSSR count). The summed E-state index contributed by atoms with van der Waals surface area (Å²) in [6.07, 6.45) is 1.57. The first-order valence-electron chi connectivity index (χ1n) is 4.61. The Hall–Kier alpha value is -1.15. The summed E-state index contributed by atoms with van der Waals surface area (Å²) in [5.74, 6) is 1.69. The van der Waals surface area contributed by atoms with E-state index in [-0.39, 0.29) is 0 Å². The third-order valence-corrected chi connectivity index (χ3v) is 2.79. The molecule has 0 radical (unpaired) electrons. The van der Waals surface area contributed by atoms with Crippen molar-refractivity contribution in [3.8, 4) is 6.07 Å². The van der Waals surface area contributed by atoms with Crippen LogP contribution < -0.4 is 5.73 Å². The molecule has 0 aliphatic carbocycles. The van der Waals surface area contributed by atoms with Crippen molar-refractivity contribution in [2.75, 3.05) is 11.5 Å². The largest absolute Gasteiger partial charge is 0.384 e. The number of nitrogen functional groups attached to an aromatic ring is 1. The Labute approximate surface area is 88.1 Å². The number of aromatic nitrogens is 2. The molecule has 0 bridgehead atoms. The number of nitrogens with two attached hydrogens (primary N) is 1. The average molecular weight is 210 g/mol. The van der Waals surface area contributed by atoms with Crippen LogP contribution in [0, 0.1) is 11.3 Å². The van der Waals surface area contributed by atoms with E-state index >= 15 is 0 Å². The fourth-order valence-electron chi connectivity index (χ4n) is 1.02. The summed E-state index contributed by atoms with van der Waals surface area (Å²) in [4.78, 5) is 0. The second kappa shape index (κ2) is 5.55. The van der Waals surface area contributed by atoms with Gasteiger partial charge in [0.2, 0.25) is 0 Å². The molecular formula is C9H14N4S. The summed E-state index contributed by atoms with van der Waals surface area (Å²) in [6, 6.07) is 3.93. The minimum absolute atomic E-state index is 0.448. The highest BCUT2D eigenvalue weighted by atomic mass is 32.2. The second-order valence-corrected chi connectivity index (χ2v) is 4.00. The number of thioether (sulfide) groups is 1. The van der Waals surface area contributed by atoms with Crippen LogP contribution in [0.3, 0.4) is 0 Å². The number of nitriles is 1. The molecule has 0 saturated carbocycles. The van der Waals surface area contributed by atoms with Gasteiger partial charge in [0.05, 0.1) is 19.0 Å². The maximum absolute atomic E-state index is 8.43. The van der Waals surface area contributed by atoms with E-state index in [1.165, 1.54) is 0 Å². The molecule has 14 heavy (non-hydrogen) atoms. The Bertz CT molecular complexity index is 326. The third kappa shape index (κ3) is 2.96. The van der Waals surface area contributed by atoms with E-state index in [0.717, 1.165) is 17.2 Å². The summed E-state index contributed by atoms with van der Waals surface area (Å²) in [6.45, 7) is 2.71. The standard InChI is InChI=1S/C9H14N4S/c1-2-6-14-9-7-8(11)13(12-9)5-3-4-10/h7H,2-3,5-6,11H2,1H3. The number of nitrogens with zero attached hydrogens (tertiary/aromatic N) is 3. The predicted octanol–water partition coefficient (Wildman–Crippen LogP) is 1.88. The van der Waals surface area contributed by atoms with Crippen LogP contribution in [0.5, 0.6) is 0 Å². The van der Waals surface area contributed by atoms with Crippen LogP contribution in [-0.4, -0.2) is 15.5 Å². The molecule has 0 atom stereocenters. The molecule has 0 unspecified atom stereocenters. The minimum atomic E-state index is 0.448. The highest BCUT2D eigenvalue weighted by molar-refractivity contribution is 7.99. The Morgan fingerprint density at radius 2 is 2.50 bits per heavy atom. The van der Waals surface area contributed by atoms with E-state index < -0.39 is 0 Å². The second-order valence-electron chi connectivity index (χ2n) is 2.89. The Balaban J connectivity index is 2.58. The Kier molecular flexibility index (Phi) is 4.33. The van der Waals surface area contributed by atoms with Gasteiger partial charge in [-0.25, -0.2) is 4.68 Å². The van der Waals surface area contributed by atoms with Crippen molar-refractivity contribution in [3.63, 3.8) is 0 Å². The smallest absolute Gasteiger partial charge is 0.122 e. The maximum Gasteiger partial charge on any atom is 0.122 e. The number of rotatable bonds is 5. The van der Waals surface area contributed by atoms with Crippen molar-refractivity contribution < 1.29 is 0 Å². The number of hydrogen-bond donors (Lipinski definition) is 1. The minimum Gasteiger partial charge on any atom is -0.384 e. The summed E-state index contributed by atoms with van der Waals surface area (Å²) >= 11 is 1.69. The van der Waals surface area contributed by atoms with Crippen LogP contribution in [0.1, 0.15) is 19.8 Å². The fraction of sp³-hybridized carbons (Fsp3) is 0.556. The van der Waals surface area contributed by atoms with Gasteiger partial charge in [-0.1, -0.05) is 6.92 Å². The van der Waals surface area contributed by atoms with Crippen molar-refractivity contribution in [2.45, 2.75) is 31.3 Å². The predicted molar refractivity (Wildman–Crippen MR) is 57.9 cm³/mol. The first-order chi connectivity index (χ1) is 6.77. The monoisotopic (exact) mass is 210 g/mol. The molecule has 0 aliphatic heterocycles. The Morgan fingerprint density at radius 1 is 1.71 bits per heavy atom. The summed E-state index contributed by atoms with van der Waals surface area (Å²) in [5.41, 5.74) is 5.73. The molecule has 2 N–H and O–H groups in total. The molecule has 0 saturated heterocycles. The van der Waals surface area contributed by atoms with Gasteiger partial charge in [-0.2, -0.15) is 10.4 Å². The van der Waals surface area contributed by atoms with Crippen molar-refractivity contribution >= 4 is 17.6 Å². The topological polar surface area (TPSA) is 67.6 Å². The molecule has 1 aromatic heterocycles. The lowest BCUT2D eigenvalue weighted by molar-refractivity contribution is 0.620. The highest BCUT2D eigenvalue weighted by Gasteiger charge is 2.04. The van der Waals surface area contributed by atoms with Crippen LogP contribution in [0.2, 0.25) is 0 Å². The van der Waals surface area contributed by atoms with Gasteiger partial charge < -0.3 is 5.73 Å². The summed E-state index contributed by atoms with van der Waals surface area (Å²) < 4.78 is 1.68. The van der Waals surface area contributed by atoms with E-state index in [0.29, 0.717) is 18.8 Å². The zero-order chi connectivity index (χ0) is 10.4. The highest BCUT2D eigenvalue weighted by Crippen LogP contribution is 2.19. The number of hydrogen-bond acceptors (Lipinski definition) is 4. The van der Waals surface area contributed by atoms with Crippen LogP contribution in [0.4, 0.5) is 5.82 Å². The van der Waals surface area contributed by atoms with Gasteiger partial charge in [0.1, 0.15) is 10.8 Å². The molecule has 5 heteroatoms. The van der Waals surface area contributed by atoms with Crippen molar-refractivity contribution in [1.29, 1.82) is 5.26 Å². The average Bonchev–Trinajstić information content (AvgIpc) is 2.53. The van der Waals surface area contributed by atoms with E-state index in [1.807, 2.05) is 6.07 Å². The SMILES string of the molecule is CCCSc1cc(N)n(CCC#N)n1. The molecule has 0 aliphatic rings. The van der Waals surface area contributed by atoms with E-state index in [2.05, 4.69) is 18.1 Å². The molecule has 76 valence electrons. The quantitative estimate of drug-likeness (QED) is 0.753. The molecule has 0 amide bonds. The molecule has 1 heterocycles. The van der Waals surface area contributed by atoms with Gasteiger partial charge in [0.25, 0.3) is 0 Å². The number of anilines is 1. The summed E-state index contributed by atoms with van der Waals surface area (Å²) in [7, 11) is 0. The van der Waals surface area contributed by atoms with Crippen molar-refractivity contribution in [3.05, 3.63) is 6.07 Å². The molecule has 0 spiro atoms. The molecule has 0 fully saturated rings. The van der Waals surface area contributed by atoms with Gasteiger partial charge in [-0.15, -0.1) is 11.8 Å². The third-order valence-electron chi connectivity index (χ3n) is 1.68. The van der Waals surface area contributed by atoms with Crippen LogP contribution in [0.25, 0.3) is 0 Å².